The van der Waals surface area contributed by atoms with E-state index in [4.69, 9.17) is 0 Å². The molecule has 1 saturated heterocycles. The number of aromatic nitrogens is 3. The Balaban J connectivity index is 1.66. The van der Waals surface area contributed by atoms with Crippen molar-refractivity contribution >= 4 is 11.9 Å². The predicted molar refractivity (Wildman–Crippen MR) is 82.4 cm³/mol. The summed E-state index contributed by atoms with van der Waals surface area (Å²) in [5.74, 6) is -1.00. The zero-order valence-corrected chi connectivity index (χ0v) is 12.8. The summed E-state index contributed by atoms with van der Waals surface area (Å²) in [6.07, 6.45) is 2.19. The van der Waals surface area contributed by atoms with Crippen LogP contribution in [0.2, 0.25) is 0 Å². The largest absolute Gasteiger partial charge is 0.481 e. The Morgan fingerprint density at radius 2 is 2.04 bits per heavy atom. The Kier molecular flexibility index (Phi) is 3.85. The molecule has 1 aliphatic heterocycles. The fourth-order valence-electron chi connectivity index (χ4n) is 2.70. The number of carbonyl (C=O) groups excluding carboxylic acids is 1. The second-order valence-corrected chi connectivity index (χ2v) is 6.10. The van der Waals surface area contributed by atoms with E-state index in [0.717, 1.165) is 5.56 Å². The van der Waals surface area contributed by atoms with E-state index >= 15 is 0 Å². The molecule has 0 spiro atoms. The van der Waals surface area contributed by atoms with Crippen molar-refractivity contribution in [3.8, 4) is 11.3 Å². The minimum Gasteiger partial charge on any atom is -0.481 e. The number of carboxylic acids is 1. The summed E-state index contributed by atoms with van der Waals surface area (Å²) in [7, 11) is 0. The first kappa shape index (κ1) is 15.2. The number of rotatable bonds is 4. The van der Waals surface area contributed by atoms with Gasteiger partial charge in [0.05, 0.1) is 11.6 Å². The Bertz CT molecular complexity index is 728. The molecule has 7 nitrogen and oxygen atoms in total. The molecule has 0 bridgehead atoms. The van der Waals surface area contributed by atoms with Gasteiger partial charge in [0.25, 0.3) is 0 Å². The summed E-state index contributed by atoms with van der Waals surface area (Å²) in [5, 5.41) is 17.3. The highest BCUT2D eigenvalue weighted by Crippen LogP contribution is 2.30. The highest BCUT2D eigenvalue weighted by molar-refractivity contribution is 5.80. The molecule has 2 aromatic rings. The number of aliphatic carboxylic acids is 1. The van der Waals surface area contributed by atoms with E-state index in [-0.39, 0.29) is 19.0 Å². The topological polar surface area (TPSA) is 88.3 Å². The lowest BCUT2D eigenvalue weighted by Crippen LogP contribution is -2.36. The molecule has 1 fully saturated rings. The van der Waals surface area contributed by atoms with Gasteiger partial charge in [-0.25, -0.2) is 4.68 Å². The van der Waals surface area contributed by atoms with E-state index in [1.54, 1.807) is 18.0 Å². The van der Waals surface area contributed by atoms with Gasteiger partial charge in [-0.2, -0.15) is 0 Å². The molecule has 0 aliphatic carbocycles. The van der Waals surface area contributed by atoms with Gasteiger partial charge in [0.1, 0.15) is 12.2 Å². The van der Waals surface area contributed by atoms with Crippen LogP contribution in [0.15, 0.2) is 36.5 Å². The maximum atomic E-state index is 12.3. The van der Waals surface area contributed by atoms with Crippen LogP contribution in [0.3, 0.4) is 0 Å². The lowest BCUT2D eigenvalue weighted by atomic mass is 9.90. The summed E-state index contributed by atoms with van der Waals surface area (Å²) >= 11 is 0. The number of amides is 1. The van der Waals surface area contributed by atoms with Crippen molar-refractivity contribution in [3.05, 3.63) is 36.5 Å². The molecule has 1 aromatic carbocycles. The van der Waals surface area contributed by atoms with E-state index in [0.29, 0.717) is 18.7 Å². The van der Waals surface area contributed by atoms with Gasteiger partial charge in [0.2, 0.25) is 5.91 Å². The molecule has 1 amide bonds. The molecule has 0 saturated carbocycles. The van der Waals surface area contributed by atoms with E-state index in [2.05, 4.69) is 10.3 Å². The quantitative estimate of drug-likeness (QED) is 0.918. The first-order valence-corrected chi connectivity index (χ1v) is 7.45. The number of hydrogen-bond acceptors (Lipinski definition) is 4. The van der Waals surface area contributed by atoms with Gasteiger partial charge < -0.3 is 10.0 Å². The third kappa shape index (κ3) is 3.08. The van der Waals surface area contributed by atoms with Gasteiger partial charge in [-0.15, -0.1) is 5.10 Å². The molecule has 23 heavy (non-hydrogen) atoms. The molecule has 1 aliphatic rings. The first-order valence-electron chi connectivity index (χ1n) is 7.45. The molecule has 3 rings (SSSR count). The van der Waals surface area contributed by atoms with Crippen LogP contribution in [0.1, 0.15) is 13.3 Å². The molecule has 2 heterocycles. The Morgan fingerprint density at radius 3 is 2.70 bits per heavy atom. The second kappa shape index (κ2) is 5.83. The summed E-state index contributed by atoms with van der Waals surface area (Å²) in [5.41, 5.74) is 0.786. The molecular formula is C16H18N4O3. The summed E-state index contributed by atoms with van der Waals surface area (Å²) < 4.78 is 1.49. The molecule has 1 N–H and O–H groups in total. The normalized spacial score (nSPS) is 20.7. The van der Waals surface area contributed by atoms with Crippen LogP contribution in [0, 0.1) is 5.41 Å². The average molecular weight is 314 g/mol. The fraction of sp³-hybridized carbons (Fsp3) is 0.375. The lowest BCUT2D eigenvalue weighted by molar-refractivity contribution is -0.147. The van der Waals surface area contributed by atoms with Gasteiger partial charge in [-0.05, 0) is 13.3 Å². The van der Waals surface area contributed by atoms with Gasteiger partial charge in [-0.1, -0.05) is 35.5 Å². The van der Waals surface area contributed by atoms with Crippen molar-refractivity contribution in [1.82, 2.24) is 19.9 Å². The minimum absolute atomic E-state index is 0.0650. The van der Waals surface area contributed by atoms with Crippen LogP contribution >= 0.6 is 0 Å². The number of likely N-dealkylation sites (tertiary alicyclic amines) is 1. The van der Waals surface area contributed by atoms with Gasteiger partial charge >= 0.3 is 5.97 Å². The zero-order chi connectivity index (χ0) is 16.4. The Hall–Kier alpha value is -2.70. The van der Waals surface area contributed by atoms with E-state index < -0.39 is 11.4 Å². The van der Waals surface area contributed by atoms with Gasteiger partial charge in [0, 0.05) is 18.7 Å². The van der Waals surface area contributed by atoms with Crippen molar-refractivity contribution in [2.75, 3.05) is 13.1 Å². The Morgan fingerprint density at radius 1 is 1.30 bits per heavy atom. The molecule has 120 valence electrons. The number of carbonyl (C=O) groups is 2. The number of nitrogens with zero attached hydrogens (tertiary/aromatic N) is 4. The van der Waals surface area contributed by atoms with Crippen LogP contribution < -0.4 is 0 Å². The molecule has 1 atom stereocenters. The summed E-state index contributed by atoms with van der Waals surface area (Å²) in [6.45, 7) is 2.43. The fourth-order valence-corrected chi connectivity index (χ4v) is 2.70. The number of hydrogen-bond donors (Lipinski definition) is 1. The molecule has 7 heteroatoms. The van der Waals surface area contributed by atoms with Crippen LogP contribution in [-0.4, -0.2) is 50.0 Å². The van der Waals surface area contributed by atoms with Crippen LogP contribution in [0.25, 0.3) is 11.3 Å². The van der Waals surface area contributed by atoms with Crippen LogP contribution in [0.5, 0.6) is 0 Å². The van der Waals surface area contributed by atoms with Gasteiger partial charge in [-0.3, -0.25) is 9.59 Å². The van der Waals surface area contributed by atoms with Crippen LogP contribution in [-0.2, 0) is 16.1 Å². The van der Waals surface area contributed by atoms with Crippen molar-refractivity contribution < 1.29 is 14.7 Å². The lowest BCUT2D eigenvalue weighted by Gasteiger charge is -2.20. The average Bonchev–Trinajstić information content (AvgIpc) is 3.16. The maximum Gasteiger partial charge on any atom is 0.311 e. The molecule has 0 radical (unpaired) electrons. The number of carboxylic acid groups (broad SMARTS) is 1. The predicted octanol–water partition coefficient (Wildman–Crippen LogP) is 1.27. The standard InChI is InChI=1S/C16H18N4O3/c1-16(15(22)23)7-8-19(11-16)14(21)10-20-9-13(17-18-20)12-5-3-2-4-6-12/h2-6,9H,7-8,10-11H2,1H3,(H,22,23)/t16-/m0/s1. The summed E-state index contributed by atoms with van der Waals surface area (Å²) in [4.78, 5) is 25.1. The second-order valence-electron chi connectivity index (χ2n) is 6.10. The first-order chi connectivity index (χ1) is 11.0. The molecule has 1 aromatic heterocycles. The SMILES string of the molecule is C[C@]1(C(=O)O)CCN(C(=O)Cn2cc(-c3ccccc3)nn2)C1. The zero-order valence-electron chi connectivity index (χ0n) is 12.8. The van der Waals surface area contributed by atoms with E-state index in [9.17, 15) is 14.7 Å². The molecule has 0 unspecified atom stereocenters. The highest BCUT2D eigenvalue weighted by atomic mass is 16.4. The van der Waals surface area contributed by atoms with Gasteiger partial charge in [0.15, 0.2) is 0 Å². The minimum atomic E-state index is -0.861. The summed E-state index contributed by atoms with van der Waals surface area (Å²) in [6, 6.07) is 9.60. The maximum absolute atomic E-state index is 12.3. The third-order valence-corrected chi connectivity index (χ3v) is 4.25. The monoisotopic (exact) mass is 314 g/mol. The number of benzene rings is 1. The van der Waals surface area contributed by atoms with Crippen LogP contribution in [0.4, 0.5) is 0 Å². The van der Waals surface area contributed by atoms with Crippen molar-refractivity contribution in [2.24, 2.45) is 5.41 Å². The van der Waals surface area contributed by atoms with Crippen molar-refractivity contribution in [3.63, 3.8) is 0 Å². The van der Waals surface area contributed by atoms with Crippen molar-refractivity contribution in [2.45, 2.75) is 19.9 Å². The third-order valence-electron chi connectivity index (χ3n) is 4.25. The Labute approximate surface area is 133 Å². The smallest absolute Gasteiger partial charge is 0.311 e. The highest BCUT2D eigenvalue weighted by Gasteiger charge is 2.42. The van der Waals surface area contributed by atoms with Crippen molar-refractivity contribution in [1.29, 1.82) is 0 Å². The van der Waals surface area contributed by atoms with E-state index in [1.807, 2.05) is 30.3 Å². The van der Waals surface area contributed by atoms with E-state index in [1.165, 1.54) is 4.68 Å². The molecular weight excluding hydrogens is 296 g/mol.